The van der Waals surface area contributed by atoms with Crippen LogP contribution in [0, 0.1) is 17.2 Å². The third-order valence-electron chi connectivity index (χ3n) is 1.56. The molecular weight excluding hydrogens is 134 g/mol. The zero-order valence-corrected chi connectivity index (χ0v) is 5.90. The van der Waals surface area contributed by atoms with Crippen LogP contribution in [0.1, 0.15) is 6.42 Å². The fourth-order valence-corrected chi connectivity index (χ4v) is 2.20. The third-order valence-corrected chi connectivity index (χ3v) is 2.93. The van der Waals surface area contributed by atoms with Crippen molar-refractivity contribution in [3.05, 3.63) is 0 Å². The SMILES string of the molecule is N#CC1CCSC1CO. The van der Waals surface area contributed by atoms with Crippen molar-refractivity contribution in [2.75, 3.05) is 12.4 Å². The number of rotatable bonds is 1. The molecule has 0 aliphatic carbocycles. The van der Waals surface area contributed by atoms with Crippen LogP contribution >= 0.6 is 11.8 Å². The van der Waals surface area contributed by atoms with E-state index in [4.69, 9.17) is 10.4 Å². The van der Waals surface area contributed by atoms with Crippen molar-refractivity contribution in [2.24, 2.45) is 5.92 Å². The molecule has 0 bridgehead atoms. The minimum atomic E-state index is 0.0972. The average molecular weight is 143 g/mol. The molecule has 0 amide bonds. The van der Waals surface area contributed by atoms with Gasteiger partial charge in [0.15, 0.2) is 0 Å². The second-order valence-corrected chi connectivity index (χ2v) is 3.46. The maximum Gasteiger partial charge on any atom is 0.0668 e. The molecule has 1 N–H and O–H groups in total. The first-order chi connectivity index (χ1) is 4.38. The number of nitrogens with zero attached hydrogens (tertiary/aromatic N) is 1. The summed E-state index contributed by atoms with van der Waals surface area (Å²) in [7, 11) is 0. The molecule has 2 nitrogen and oxygen atoms in total. The summed E-state index contributed by atoms with van der Waals surface area (Å²) in [5.41, 5.74) is 0. The van der Waals surface area contributed by atoms with Gasteiger partial charge in [-0.3, -0.25) is 0 Å². The normalized spacial score (nSPS) is 34.2. The Morgan fingerprint density at radius 1 is 1.78 bits per heavy atom. The van der Waals surface area contributed by atoms with E-state index >= 15 is 0 Å². The highest BCUT2D eigenvalue weighted by molar-refractivity contribution is 8.00. The zero-order valence-electron chi connectivity index (χ0n) is 5.08. The number of hydrogen-bond donors (Lipinski definition) is 1. The minimum Gasteiger partial charge on any atom is -0.395 e. The number of aliphatic hydroxyl groups excluding tert-OH is 1. The summed E-state index contributed by atoms with van der Waals surface area (Å²) in [5, 5.41) is 17.4. The average Bonchev–Trinajstić information content (AvgIpc) is 2.33. The second-order valence-electron chi connectivity index (χ2n) is 2.12. The van der Waals surface area contributed by atoms with Gasteiger partial charge in [0, 0.05) is 5.25 Å². The fourth-order valence-electron chi connectivity index (χ4n) is 0.976. The van der Waals surface area contributed by atoms with Crippen LogP contribution in [-0.2, 0) is 0 Å². The Balaban J connectivity index is 2.44. The molecular formula is C6H9NOS. The lowest BCUT2D eigenvalue weighted by Gasteiger charge is -2.05. The van der Waals surface area contributed by atoms with E-state index < -0.39 is 0 Å². The van der Waals surface area contributed by atoms with Crippen molar-refractivity contribution in [3.63, 3.8) is 0 Å². The Morgan fingerprint density at radius 3 is 3.00 bits per heavy atom. The number of nitriles is 1. The van der Waals surface area contributed by atoms with Gasteiger partial charge in [0.2, 0.25) is 0 Å². The van der Waals surface area contributed by atoms with E-state index in [2.05, 4.69) is 6.07 Å². The monoisotopic (exact) mass is 143 g/mol. The van der Waals surface area contributed by atoms with Crippen molar-refractivity contribution in [1.82, 2.24) is 0 Å². The van der Waals surface area contributed by atoms with Gasteiger partial charge in [-0.05, 0) is 12.2 Å². The van der Waals surface area contributed by atoms with Gasteiger partial charge in [-0.15, -0.1) is 0 Å². The number of thioether (sulfide) groups is 1. The molecule has 9 heavy (non-hydrogen) atoms. The fraction of sp³-hybridized carbons (Fsp3) is 0.833. The van der Waals surface area contributed by atoms with Crippen molar-refractivity contribution in [2.45, 2.75) is 11.7 Å². The molecule has 0 aromatic rings. The predicted molar refractivity (Wildman–Crippen MR) is 37.1 cm³/mol. The standard InChI is InChI=1S/C6H9NOS/c7-3-5-1-2-9-6(5)4-8/h5-6,8H,1-2,4H2. The lowest BCUT2D eigenvalue weighted by molar-refractivity contribution is 0.281. The van der Waals surface area contributed by atoms with Crippen molar-refractivity contribution in [1.29, 1.82) is 5.26 Å². The topological polar surface area (TPSA) is 44.0 Å². The first-order valence-corrected chi connectivity index (χ1v) is 4.05. The molecule has 1 aliphatic heterocycles. The van der Waals surface area contributed by atoms with E-state index in [9.17, 15) is 0 Å². The molecule has 0 radical (unpaired) electrons. The molecule has 1 aliphatic rings. The second kappa shape index (κ2) is 3.09. The van der Waals surface area contributed by atoms with Crippen LogP contribution in [0.15, 0.2) is 0 Å². The van der Waals surface area contributed by atoms with Crippen LogP contribution in [0.25, 0.3) is 0 Å². The lowest BCUT2D eigenvalue weighted by atomic mass is 10.1. The Bertz CT molecular complexity index is 132. The van der Waals surface area contributed by atoms with E-state index in [1.165, 1.54) is 0 Å². The third kappa shape index (κ3) is 1.38. The van der Waals surface area contributed by atoms with Gasteiger partial charge in [0.1, 0.15) is 0 Å². The number of hydrogen-bond acceptors (Lipinski definition) is 3. The molecule has 0 saturated carbocycles. The summed E-state index contributed by atoms with van der Waals surface area (Å²) in [6.07, 6.45) is 0.951. The quantitative estimate of drug-likeness (QED) is 0.585. The van der Waals surface area contributed by atoms with E-state index in [0.717, 1.165) is 12.2 Å². The molecule has 2 unspecified atom stereocenters. The first kappa shape index (κ1) is 6.91. The molecule has 0 spiro atoms. The molecule has 1 fully saturated rings. The van der Waals surface area contributed by atoms with Gasteiger partial charge >= 0.3 is 0 Å². The molecule has 1 heterocycles. The van der Waals surface area contributed by atoms with Crippen LogP contribution in [-0.4, -0.2) is 22.7 Å². The lowest BCUT2D eigenvalue weighted by Crippen LogP contribution is -2.13. The van der Waals surface area contributed by atoms with Crippen molar-refractivity contribution >= 4 is 11.8 Å². The van der Waals surface area contributed by atoms with Gasteiger partial charge in [-0.25, -0.2) is 0 Å². The molecule has 1 rings (SSSR count). The molecule has 2 atom stereocenters. The minimum absolute atomic E-state index is 0.0972. The van der Waals surface area contributed by atoms with Gasteiger partial charge < -0.3 is 5.11 Å². The van der Waals surface area contributed by atoms with E-state index in [1.807, 2.05) is 0 Å². The highest BCUT2D eigenvalue weighted by Gasteiger charge is 2.26. The Hall–Kier alpha value is -0.200. The summed E-state index contributed by atoms with van der Waals surface area (Å²) in [6.45, 7) is 0.156. The van der Waals surface area contributed by atoms with Crippen molar-refractivity contribution in [3.8, 4) is 6.07 Å². The Morgan fingerprint density at radius 2 is 2.56 bits per heavy atom. The highest BCUT2D eigenvalue weighted by Crippen LogP contribution is 2.30. The predicted octanol–water partition coefficient (Wildman–Crippen LogP) is 0.624. The summed E-state index contributed by atoms with van der Waals surface area (Å²) in [5.74, 6) is 1.13. The molecule has 3 heteroatoms. The van der Waals surface area contributed by atoms with E-state index in [0.29, 0.717) is 0 Å². The maximum atomic E-state index is 8.70. The van der Waals surface area contributed by atoms with Crippen LogP contribution < -0.4 is 0 Å². The molecule has 0 aromatic carbocycles. The molecule has 1 saturated heterocycles. The molecule has 50 valence electrons. The van der Waals surface area contributed by atoms with Crippen LogP contribution in [0.5, 0.6) is 0 Å². The summed E-state index contributed by atoms with van der Waals surface area (Å²) in [6, 6.07) is 2.18. The van der Waals surface area contributed by atoms with Crippen LogP contribution in [0.4, 0.5) is 0 Å². The smallest absolute Gasteiger partial charge is 0.0668 e. The van der Waals surface area contributed by atoms with Crippen LogP contribution in [0.2, 0.25) is 0 Å². The maximum absolute atomic E-state index is 8.70. The van der Waals surface area contributed by atoms with Gasteiger partial charge in [0.05, 0.1) is 18.6 Å². The molecule has 0 aromatic heterocycles. The summed E-state index contributed by atoms with van der Waals surface area (Å²) >= 11 is 1.70. The largest absolute Gasteiger partial charge is 0.395 e. The highest BCUT2D eigenvalue weighted by atomic mass is 32.2. The summed E-state index contributed by atoms with van der Waals surface area (Å²) < 4.78 is 0. The van der Waals surface area contributed by atoms with Gasteiger partial charge in [0.25, 0.3) is 0 Å². The van der Waals surface area contributed by atoms with Crippen molar-refractivity contribution < 1.29 is 5.11 Å². The zero-order chi connectivity index (χ0) is 6.69. The Labute approximate surface area is 58.9 Å². The van der Waals surface area contributed by atoms with Gasteiger partial charge in [-0.2, -0.15) is 17.0 Å². The summed E-state index contributed by atoms with van der Waals surface area (Å²) in [4.78, 5) is 0. The first-order valence-electron chi connectivity index (χ1n) is 3.00. The van der Waals surface area contributed by atoms with Gasteiger partial charge in [-0.1, -0.05) is 0 Å². The Kier molecular flexibility index (Phi) is 2.38. The number of aliphatic hydroxyl groups is 1. The van der Waals surface area contributed by atoms with Crippen LogP contribution in [0.3, 0.4) is 0 Å². The van der Waals surface area contributed by atoms with E-state index in [1.54, 1.807) is 11.8 Å². The van der Waals surface area contributed by atoms with E-state index in [-0.39, 0.29) is 17.8 Å².